The molecule has 1 nitrogen and oxygen atoms in total. The van der Waals surface area contributed by atoms with Gasteiger partial charge in [-0.05, 0) is 37.1 Å². The molecule has 0 saturated carbocycles. The molecule has 0 bridgehead atoms. The number of rotatable bonds is 1. The Bertz CT molecular complexity index is 474. The van der Waals surface area contributed by atoms with Gasteiger partial charge in [-0.1, -0.05) is 34.1 Å². The average molecular weight is 262 g/mol. The quantitative estimate of drug-likeness (QED) is 0.753. The van der Waals surface area contributed by atoms with Gasteiger partial charge in [0.1, 0.15) is 0 Å². The fourth-order valence-electron chi connectivity index (χ4n) is 1.46. The summed E-state index contributed by atoms with van der Waals surface area (Å²) in [7, 11) is 0. The van der Waals surface area contributed by atoms with E-state index in [1.165, 1.54) is 11.1 Å². The van der Waals surface area contributed by atoms with E-state index in [0.29, 0.717) is 0 Å². The molecular formula is C13H12BrN. The van der Waals surface area contributed by atoms with Gasteiger partial charge in [-0.15, -0.1) is 0 Å². The predicted octanol–water partition coefficient (Wildman–Crippen LogP) is 4.13. The van der Waals surface area contributed by atoms with Crippen LogP contribution >= 0.6 is 15.9 Å². The van der Waals surface area contributed by atoms with Crippen molar-refractivity contribution in [3.05, 3.63) is 52.3 Å². The highest BCUT2D eigenvalue weighted by Gasteiger charge is 2.00. The lowest BCUT2D eigenvalue weighted by Crippen LogP contribution is -1.84. The van der Waals surface area contributed by atoms with Crippen LogP contribution in [0.4, 0.5) is 0 Å². The lowest BCUT2D eigenvalue weighted by Gasteiger charge is -2.04. The minimum absolute atomic E-state index is 1.05. The number of nitrogens with zero attached hydrogens (tertiary/aromatic N) is 1. The second kappa shape index (κ2) is 4.15. The first-order chi connectivity index (χ1) is 7.16. The van der Waals surface area contributed by atoms with Crippen LogP contribution in [0, 0.1) is 13.8 Å². The van der Waals surface area contributed by atoms with E-state index >= 15 is 0 Å². The van der Waals surface area contributed by atoms with Crippen LogP contribution in [0.3, 0.4) is 0 Å². The van der Waals surface area contributed by atoms with Gasteiger partial charge in [-0.2, -0.15) is 0 Å². The zero-order valence-corrected chi connectivity index (χ0v) is 10.4. The Hall–Kier alpha value is -1.15. The second-order valence-corrected chi connectivity index (χ2v) is 4.51. The van der Waals surface area contributed by atoms with Crippen molar-refractivity contribution in [2.75, 3.05) is 0 Å². The highest BCUT2D eigenvalue weighted by Crippen LogP contribution is 2.24. The maximum Gasteiger partial charge on any atom is 0.0373 e. The van der Waals surface area contributed by atoms with Crippen LogP contribution < -0.4 is 0 Å². The van der Waals surface area contributed by atoms with Gasteiger partial charge in [-0.3, -0.25) is 4.98 Å². The second-order valence-electron chi connectivity index (χ2n) is 3.65. The molecular weight excluding hydrogens is 250 g/mol. The van der Waals surface area contributed by atoms with Crippen molar-refractivity contribution in [2.24, 2.45) is 0 Å². The van der Waals surface area contributed by atoms with E-state index < -0.39 is 0 Å². The third-order valence-electron chi connectivity index (χ3n) is 2.40. The standard InChI is InChI=1S/C13H12BrN/c1-9-7-11(5-6-13(9)14)12-4-3-10(2)15-8-12/h3-8H,1-2H3. The first kappa shape index (κ1) is 10.4. The molecule has 0 fully saturated rings. The maximum atomic E-state index is 4.30. The molecule has 76 valence electrons. The molecule has 0 radical (unpaired) electrons. The molecule has 0 unspecified atom stereocenters. The number of aryl methyl sites for hydroxylation is 2. The highest BCUT2D eigenvalue weighted by atomic mass is 79.9. The molecule has 0 saturated heterocycles. The summed E-state index contributed by atoms with van der Waals surface area (Å²) in [5, 5.41) is 0. The normalized spacial score (nSPS) is 10.3. The summed E-state index contributed by atoms with van der Waals surface area (Å²) in [6.45, 7) is 4.09. The van der Waals surface area contributed by atoms with E-state index in [-0.39, 0.29) is 0 Å². The zero-order chi connectivity index (χ0) is 10.8. The number of halogens is 1. The van der Waals surface area contributed by atoms with Gasteiger partial charge in [0.05, 0.1) is 0 Å². The van der Waals surface area contributed by atoms with Crippen molar-refractivity contribution < 1.29 is 0 Å². The van der Waals surface area contributed by atoms with E-state index in [0.717, 1.165) is 15.7 Å². The Labute approximate surface area is 98.3 Å². The zero-order valence-electron chi connectivity index (χ0n) is 8.79. The SMILES string of the molecule is Cc1ccc(-c2ccc(Br)c(C)c2)cn1. The van der Waals surface area contributed by atoms with E-state index in [1.54, 1.807) is 0 Å². The van der Waals surface area contributed by atoms with Crippen LogP contribution in [0.25, 0.3) is 11.1 Å². The van der Waals surface area contributed by atoms with Gasteiger partial charge in [0.2, 0.25) is 0 Å². The topological polar surface area (TPSA) is 12.9 Å². The Morgan fingerprint density at radius 2 is 1.73 bits per heavy atom. The predicted molar refractivity (Wildman–Crippen MR) is 66.8 cm³/mol. The largest absolute Gasteiger partial charge is 0.261 e. The van der Waals surface area contributed by atoms with Crippen LogP contribution in [-0.4, -0.2) is 4.98 Å². The fourth-order valence-corrected chi connectivity index (χ4v) is 1.71. The summed E-state index contributed by atoms with van der Waals surface area (Å²) < 4.78 is 1.14. The van der Waals surface area contributed by atoms with Gasteiger partial charge in [-0.25, -0.2) is 0 Å². The Morgan fingerprint density at radius 3 is 2.33 bits per heavy atom. The van der Waals surface area contributed by atoms with Crippen molar-refractivity contribution in [1.82, 2.24) is 4.98 Å². The molecule has 0 atom stereocenters. The molecule has 0 aliphatic heterocycles. The Morgan fingerprint density at radius 1 is 1.00 bits per heavy atom. The molecule has 0 aliphatic carbocycles. The minimum Gasteiger partial charge on any atom is -0.261 e. The van der Waals surface area contributed by atoms with Gasteiger partial charge in [0.25, 0.3) is 0 Å². The van der Waals surface area contributed by atoms with Crippen LogP contribution in [-0.2, 0) is 0 Å². The molecule has 15 heavy (non-hydrogen) atoms. The third-order valence-corrected chi connectivity index (χ3v) is 3.29. The summed E-state index contributed by atoms with van der Waals surface area (Å²) >= 11 is 3.50. The molecule has 0 amide bonds. The third kappa shape index (κ3) is 2.26. The summed E-state index contributed by atoms with van der Waals surface area (Å²) in [4.78, 5) is 4.30. The van der Waals surface area contributed by atoms with E-state index in [4.69, 9.17) is 0 Å². The first-order valence-corrected chi connectivity index (χ1v) is 5.65. The minimum atomic E-state index is 1.05. The number of benzene rings is 1. The number of pyridine rings is 1. The average Bonchev–Trinajstić information content (AvgIpc) is 2.23. The summed E-state index contributed by atoms with van der Waals surface area (Å²) in [5.74, 6) is 0. The van der Waals surface area contributed by atoms with Crippen molar-refractivity contribution in [1.29, 1.82) is 0 Å². The summed E-state index contributed by atoms with van der Waals surface area (Å²) in [6, 6.07) is 10.5. The lowest BCUT2D eigenvalue weighted by molar-refractivity contribution is 1.20. The fraction of sp³-hybridized carbons (Fsp3) is 0.154. The van der Waals surface area contributed by atoms with Gasteiger partial charge in [0, 0.05) is 21.9 Å². The van der Waals surface area contributed by atoms with Crippen LogP contribution in [0.5, 0.6) is 0 Å². The van der Waals surface area contributed by atoms with Gasteiger partial charge in [0.15, 0.2) is 0 Å². The smallest absolute Gasteiger partial charge is 0.0373 e. The van der Waals surface area contributed by atoms with Gasteiger partial charge < -0.3 is 0 Å². The van der Waals surface area contributed by atoms with Crippen LogP contribution in [0.15, 0.2) is 41.0 Å². The van der Waals surface area contributed by atoms with Gasteiger partial charge >= 0.3 is 0 Å². The number of hydrogen-bond acceptors (Lipinski definition) is 1. The molecule has 2 heteroatoms. The summed E-state index contributed by atoms with van der Waals surface area (Å²) in [6.07, 6.45) is 1.91. The van der Waals surface area contributed by atoms with Crippen molar-refractivity contribution >= 4 is 15.9 Å². The monoisotopic (exact) mass is 261 g/mol. The maximum absolute atomic E-state index is 4.30. The molecule has 1 aromatic carbocycles. The van der Waals surface area contributed by atoms with E-state index in [1.807, 2.05) is 19.2 Å². The molecule has 2 rings (SSSR count). The van der Waals surface area contributed by atoms with Crippen molar-refractivity contribution in [3.63, 3.8) is 0 Å². The number of aromatic nitrogens is 1. The van der Waals surface area contributed by atoms with E-state index in [9.17, 15) is 0 Å². The molecule has 1 aromatic heterocycles. The van der Waals surface area contributed by atoms with Crippen molar-refractivity contribution in [3.8, 4) is 11.1 Å². The summed E-state index contributed by atoms with van der Waals surface area (Å²) in [5.41, 5.74) is 4.67. The molecule has 1 heterocycles. The molecule has 0 N–H and O–H groups in total. The highest BCUT2D eigenvalue weighted by molar-refractivity contribution is 9.10. The Balaban J connectivity index is 2.45. The van der Waals surface area contributed by atoms with Crippen LogP contribution in [0.2, 0.25) is 0 Å². The van der Waals surface area contributed by atoms with Crippen molar-refractivity contribution in [2.45, 2.75) is 13.8 Å². The molecule has 0 aliphatic rings. The number of hydrogen-bond donors (Lipinski definition) is 0. The van der Waals surface area contributed by atoms with E-state index in [2.05, 4.69) is 52.1 Å². The molecule has 2 aromatic rings. The first-order valence-electron chi connectivity index (χ1n) is 4.86. The lowest BCUT2D eigenvalue weighted by atomic mass is 10.1. The van der Waals surface area contributed by atoms with Crippen LogP contribution in [0.1, 0.15) is 11.3 Å². The molecule has 0 spiro atoms. The Kier molecular flexibility index (Phi) is 2.87.